The molecule has 1 aliphatic heterocycles. The molecule has 1 fully saturated rings. The number of piperidine rings is 1. The Kier molecular flexibility index (Phi) is 5.06. The molecule has 2 heterocycles. The number of aromatic nitrogens is 3. The second-order valence-corrected chi connectivity index (χ2v) is 6.92. The summed E-state index contributed by atoms with van der Waals surface area (Å²) in [6, 6.07) is 8.25. The summed E-state index contributed by atoms with van der Waals surface area (Å²) in [5.74, 6) is 2.49. The Morgan fingerprint density at radius 1 is 1.30 bits per heavy atom. The number of hydrogen-bond donors (Lipinski definition) is 2. The van der Waals surface area contributed by atoms with Gasteiger partial charge in [-0.3, -0.25) is 0 Å². The first-order valence-corrected chi connectivity index (χ1v) is 8.68. The van der Waals surface area contributed by atoms with Crippen molar-refractivity contribution in [1.29, 1.82) is 0 Å². The van der Waals surface area contributed by atoms with Crippen LogP contribution in [0.1, 0.15) is 44.1 Å². The zero-order valence-electron chi connectivity index (χ0n) is 13.5. The molecule has 0 amide bonds. The van der Waals surface area contributed by atoms with E-state index in [2.05, 4.69) is 39.1 Å². The van der Waals surface area contributed by atoms with E-state index in [1.807, 2.05) is 12.1 Å². The van der Waals surface area contributed by atoms with Gasteiger partial charge in [-0.15, -0.1) is 5.10 Å². The fourth-order valence-corrected chi connectivity index (χ4v) is 3.40. The molecule has 1 unspecified atom stereocenters. The van der Waals surface area contributed by atoms with E-state index in [1.54, 1.807) is 0 Å². The van der Waals surface area contributed by atoms with Crippen molar-refractivity contribution >= 4 is 23.5 Å². The molecular weight excluding hydrogens is 310 g/mol. The van der Waals surface area contributed by atoms with Crippen molar-refractivity contribution in [2.45, 2.75) is 38.5 Å². The summed E-state index contributed by atoms with van der Waals surface area (Å²) < 4.78 is 0. The van der Waals surface area contributed by atoms with Gasteiger partial charge in [0.25, 0.3) is 0 Å². The lowest BCUT2D eigenvalue weighted by atomic mass is 9.87. The van der Waals surface area contributed by atoms with Crippen LogP contribution in [0.2, 0.25) is 5.02 Å². The number of hydrogen-bond acceptors (Lipinski definition) is 4. The molecule has 3 N–H and O–H groups in total. The summed E-state index contributed by atoms with van der Waals surface area (Å²) in [6.45, 7) is 4.32. The van der Waals surface area contributed by atoms with E-state index in [4.69, 9.17) is 17.3 Å². The van der Waals surface area contributed by atoms with Crippen molar-refractivity contribution in [2.24, 2.45) is 5.92 Å². The zero-order valence-corrected chi connectivity index (χ0v) is 14.3. The number of H-pyrrole nitrogens is 1. The van der Waals surface area contributed by atoms with Gasteiger partial charge < -0.3 is 10.6 Å². The van der Waals surface area contributed by atoms with Crippen LogP contribution >= 0.6 is 11.6 Å². The average molecular weight is 334 g/mol. The average Bonchev–Trinajstić information content (AvgIpc) is 3.00. The van der Waals surface area contributed by atoms with Crippen LogP contribution in [0, 0.1) is 5.92 Å². The Morgan fingerprint density at radius 2 is 2.00 bits per heavy atom. The van der Waals surface area contributed by atoms with E-state index in [-0.39, 0.29) is 0 Å². The fraction of sp³-hybridized carbons (Fsp3) is 0.529. The maximum absolute atomic E-state index is 5.96. The molecular formula is C17H24ClN5. The second-order valence-electron chi connectivity index (χ2n) is 6.48. The third-order valence-electron chi connectivity index (χ3n) is 4.84. The maximum atomic E-state index is 5.96. The van der Waals surface area contributed by atoms with Gasteiger partial charge in [-0.2, -0.15) is 4.98 Å². The smallest absolute Gasteiger partial charge is 0.246 e. The number of anilines is 2. The SMILES string of the molecule is CC(CCC1CCN(c2n[nH]c(N)n2)CC1)c1ccc(Cl)cc1. The van der Waals surface area contributed by atoms with Crippen molar-refractivity contribution in [3.05, 3.63) is 34.9 Å². The van der Waals surface area contributed by atoms with Gasteiger partial charge >= 0.3 is 0 Å². The van der Waals surface area contributed by atoms with Gasteiger partial charge in [0.1, 0.15) is 0 Å². The van der Waals surface area contributed by atoms with E-state index < -0.39 is 0 Å². The Hall–Kier alpha value is -1.75. The molecule has 3 rings (SSSR count). The van der Waals surface area contributed by atoms with Crippen LogP contribution in [0.3, 0.4) is 0 Å². The summed E-state index contributed by atoms with van der Waals surface area (Å²) in [7, 11) is 0. The zero-order chi connectivity index (χ0) is 16.2. The molecule has 0 radical (unpaired) electrons. The number of nitrogens with one attached hydrogen (secondary N) is 1. The number of halogens is 1. The second kappa shape index (κ2) is 7.21. The summed E-state index contributed by atoms with van der Waals surface area (Å²) >= 11 is 5.96. The number of nitrogen functional groups attached to an aromatic ring is 1. The lowest BCUT2D eigenvalue weighted by Gasteiger charge is -2.31. The summed E-state index contributed by atoms with van der Waals surface area (Å²) in [6.07, 6.45) is 4.89. The lowest BCUT2D eigenvalue weighted by molar-refractivity contribution is 0.361. The highest BCUT2D eigenvalue weighted by Gasteiger charge is 2.22. The Morgan fingerprint density at radius 3 is 2.61 bits per heavy atom. The van der Waals surface area contributed by atoms with Gasteiger partial charge in [-0.1, -0.05) is 30.7 Å². The van der Waals surface area contributed by atoms with Gasteiger partial charge in [-0.25, -0.2) is 5.10 Å². The molecule has 6 heteroatoms. The van der Waals surface area contributed by atoms with Gasteiger partial charge in [0.05, 0.1) is 0 Å². The molecule has 23 heavy (non-hydrogen) atoms. The Balaban J connectivity index is 1.44. The Labute approximate surface area is 142 Å². The molecule has 1 atom stereocenters. The first kappa shape index (κ1) is 16.1. The van der Waals surface area contributed by atoms with Crippen LogP contribution in [0.15, 0.2) is 24.3 Å². The van der Waals surface area contributed by atoms with Crippen LogP contribution in [-0.4, -0.2) is 28.3 Å². The molecule has 1 aromatic carbocycles. The van der Waals surface area contributed by atoms with Gasteiger partial charge in [-0.05, 0) is 55.2 Å². The number of nitrogens with two attached hydrogens (primary N) is 1. The molecule has 0 saturated carbocycles. The van der Waals surface area contributed by atoms with Gasteiger partial charge in [0, 0.05) is 18.1 Å². The normalized spacial score (nSPS) is 17.4. The van der Waals surface area contributed by atoms with Crippen LogP contribution in [0.4, 0.5) is 11.9 Å². The van der Waals surface area contributed by atoms with Crippen molar-refractivity contribution in [3.63, 3.8) is 0 Å². The highest BCUT2D eigenvalue weighted by atomic mass is 35.5. The summed E-state index contributed by atoms with van der Waals surface area (Å²) in [5.41, 5.74) is 6.97. The highest BCUT2D eigenvalue weighted by Crippen LogP contribution is 2.29. The minimum absolute atomic E-state index is 0.388. The number of rotatable bonds is 5. The molecule has 0 aliphatic carbocycles. The molecule has 1 saturated heterocycles. The molecule has 0 spiro atoms. The Bertz CT molecular complexity index is 616. The third-order valence-corrected chi connectivity index (χ3v) is 5.09. The molecule has 1 aromatic heterocycles. The highest BCUT2D eigenvalue weighted by molar-refractivity contribution is 6.30. The van der Waals surface area contributed by atoms with E-state index in [1.165, 1.54) is 31.2 Å². The van der Waals surface area contributed by atoms with Gasteiger partial charge in [0.2, 0.25) is 11.9 Å². The first-order valence-electron chi connectivity index (χ1n) is 8.30. The van der Waals surface area contributed by atoms with Crippen LogP contribution in [0.5, 0.6) is 0 Å². The lowest BCUT2D eigenvalue weighted by Crippen LogP contribution is -2.34. The van der Waals surface area contributed by atoms with Crippen LogP contribution in [-0.2, 0) is 0 Å². The minimum atomic E-state index is 0.388. The standard InChI is InChI=1S/C17H24ClN5/c1-12(14-4-6-15(18)7-5-14)2-3-13-8-10-23(11-9-13)17-20-16(19)21-22-17/h4-7,12-13H,2-3,8-11H2,1H3,(H3,19,20,21,22). The van der Waals surface area contributed by atoms with Gasteiger partial charge in [0.15, 0.2) is 0 Å². The fourth-order valence-electron chi connectivity index (χ4n) is 3.27. The van der Waals surface area contributed by atoms with E-state index >= 15 is 0 Å². The minimum Gasteiger partial charge on any atom is -0.368 e. The van der Waals surface area contributed by atoms with Crippen LogP contribution in [0.25, 0.3) is 0 Å². The molecule has 5 nitrogen and oxygen atoms in total. The molecule has 1 aliphatic rings. The quantitative estimate of drug-likeness (QED) is 0.872. The number of aromatic amines is 1. The molecule has 2 aromatic rings. The van der Waals surface area contributed by atoms with E-state index in [9.17, 15) is 0 Å². The molecule has 0 bridgehead atoms. The first-order chi connectivity index (χ1) is 11.1. The maximum Gasteiger partial charge on any atom is 0.246 e. The monoisotopic (exact) mass is 333 g/mol. The van der Waals surface area contributed by atoms with Crippen molar-refractivity contribution in [2.75, 3.05) is 23.7 Å². The largest absolute Gasteiger partial charge is 0.368 e. The number of benzene rings is 1. The van der Waals surface area contributed by atoms with E-state index in [0.717, 1.165) is 30.0 Å². The van der Waals surface area contributed by atoms with Crippen molar-refractivity contribution in [1.82, 2.24) is 15.2 Å². The van der Waals surface area contributed by atoms with Crippen molar-refractivity contribution < 1.29 is 0 Å². The van der Waals surface area contributed by atoms with Crippen LogP contribution < -0.4 is 10.6 Å². The topological polar surface area (TPSA) is 70.8 Å². The summed E-state index contributed by atoms with van der Waals surface area (Å²) in [4.78, 5) is 6.42. The summed E-state index contributed by atoms with van der Waals surface area (Å²) in [5, 5.41) is 7.65. The predicted molar refractivity (Wildman–Crippen MR) is 94.8 cm³/mol. The number of nitrogens with zero attached hydrogens (tertiary/aromatic N) is 3. The van der Waals surface area contributed by atoms with Crippen molar-refractivity contribution in [3.8, 4) is 0 Å². The predicted octanol–water partition coefficient (Wildman–Crippen LogP) is 3.84. The molecule has 124 valence electrons. The van der Waals surface area contributed by atoms with E-state index in [0.29, 0.717) is 11.9 Å². The third kappa shape index (κ3) is 4.16.